The van der Waals surface area contributed by atoms with Crippen LogP contribution in [0.1, 0.15) is 55.0 Å². The van der Waals surface area contributed by atoms with Crippen LogP contribution in [0.5, 0.6) is 0 Å². The molecule has 1 unspecified atom stereocenters. The number of anilines is 1. The number of hydrogen-bond donors (Lipinski definition) is 2. The van der Waals surface area contributed by atoms with Gasteiger partial charge in [0, 0.05) is 10.9 Å². The molecule has 4 rings (SSSR count). The van der Waals surface area contributed by atoms with Crippen molar-refractivity contribution in [3.63, 3.8) is 0 Å². The van der Waals surface area contributed by atoms with Gasteiger partial charge in [-0.05, 0) is 41.7 Å². The Bertz CT molecular complexity index is 1230. The summed E-state index contributed by atoms with van der Waals surface area (Å²) in [6.07, 6.45) is -4.07. The number of aliphatic hydroxyl groups is 1. The lowest BCUT2D eigenvalue weighted by Gasteiger charge is -2.19. The maximum absolute atomic E-state index is 13.7. The molecule has 0 aliphatic carbocycles. The van der Waals surface area contributed by atoms with Crippen molar-refractivity contribution in [2.45, 2.75) is 45.4 Å². The van der Waals surface area contributed by atoms with E-state index in [0.717, 1.165) is 11.6 Å². The number of carbonyl (C=O) groups excluding carboxylic acids is 1. The highest BCUT2D eigenvalue weighted by Gasteiger charge is 2.36. The van der Waals surface area contributed by atoms with Crippen LogP contribution in [-0.2, 0) is 17.6 Å². The van der Waals surface area contributed by atoms with E-state index in [2.05, 4.69) is 15.3 Å². The molecule has 9 heteroatoms. The van der Waals surface area contributed by atoms with Gasteiger partial charge in [0.15, 0.2) is 0 Å². The molecule has 0 spiro atoms. The lowest BCUT2D eigenvalue weighted by Crippen LogP contribution is -2.16. The number of hydrogen-bond acceptors (Lipinski definition) is 5. The Labute approximate surface area is 193 Å². The second kappa shape index (κ2) is 9.07. The van der Waals surface area contributed by atoms with E-state index in [9.17, 15) is 23.1 Å². The quantitative estimate of drug-likeness (QED) is 0.457. The van der Waals surface area contributed by atoms with Gasteiger partial charge in [0.2, 0.25) is 5.91 Å². The first-order valence-electron chi connectivity index (χ1n) is 10.5. The Morgan fingerprint density at radius 1 is 1.21 bits per heavy atom. The number of fused-ring (bicyclic) bond motifs is 1. The first-order chi connectivity index (χ1) is 15.7. The predicted octanol–water partition coefficient (Wildman–Crippen LogP) is 6.30. The standard InChI is InChI=1S/C24H22F3N3O2S/c1-3-13(2)17-8-20-21(9-18(17)24(25,26)27)30-22(32)10-19(29-20)14-5-4-6-15(7-14)23-28-16(11-31)12-33-23/h4-9,12-13,31H,3,10-11H2,1-2H3,(H,30,32). The monoisotopic (exact) mass is 473 g/mol. The van der Waals surface area contributed by atoms with Crippen LogP contribution < -0.4 is 5.32 Å². The number of nitrogens with zero attached hydrogens (tertiary/aromatic N) is 2. The summed E-state index contributed by atoms with van der Waals surface area (Å²) < 4.78 is 41.2. The first kappa shape index (κ1) is 23.1. The Balaban J connectivity index is 1.82. The summed E-state index contributed by atoms with van der Waals surface area (Å²) in [5, 5.41) is 14.3. The van der Waals surface area contributed by atoms with Crippen LogP contribution in [0, 0.1) is 0 Å². The highest BCUT2D eigenvalue weighted by atomic mass is 32.1. The van der Waals surface area contributed by atoms with Gasteiger partial charge in [0.05, 0.1) is 41.4 Å². The largest absolute Gasteiger partial charge is 0.416 e. The van der Waals surface area contributed by atoms with Gasteiger partial charge in [-0.15, -0.1) is 11.3 Å². The average Bonchev–Trinajstić information content (AvgIpc) is 3.21. The van der Waals surface area contributed by atoms with Crippen molar-refractivity contribution in [2.75, 3.05) is 5.32 Å². The summed E-state index contributed by atoms with van der Waals surface area (Å²) in [6.45, 7) is 3.42. The number of aromatic nitrogens is 1. The fourth-order valence-corrected chi connectivity index (χ4v) is 4.52. The molecule has 1 aliphatic heterocycles. The highest BCUT2D eigenvalue weighted by Crippen LogP contribution is 2.42. The molecule has 0 fully saturated rings. The van der Waals surface area contributed by atoms with Gasteiger partial charge in [-0.25, -0.2) is 4.98 Å². The van der Waals surface area contributed by atoms with Crippen molar-refractivity contribution in [2.24, 2.45) is 4.99 Å². The molecule has 1 aromatic heterocycles. The number of rotatable bonds is 5. The first-order valence-corrected chi connectivity index (χ1v) is 11.4. The van der Waals surface area contributed by atoms with E-state index in [0.29, 0.717) is 34.1 Å². The molecular formula is C24H22F3N3O2S. The fourth-order valence-electron chi connectivity index (χ4n) is 3.71. The summed E-state index contributed by atoms with van der Waals surface area (Å²) in [6, 6.07) is 9.76. The minimum atomic E-state index is -4.53. The summed E-state index contributed by atoms with van der Waals surface area (Å²) in [5.41, 5.74) is 2.29. The molecule has 2 heterocycles. The second-order valence-corrected chi connectivity index (χ2v) is 8.79. The number of halogens is 3. The molecule has 0 bridgehead atoms. The van der Waals surface area contributed by atoms with Crippen molar-refractivity contribution in [1.29, 1.82) is 0 Å². The maximum atomic E-state index is 13.7. The Hall–Kier alpha value is -3.04. The van der Waals surface area contributed by atoms with E-state index in [1.807, 2.05) is 25.1 Å². The number of nitrogens with one attached hydrogen (secondary N) is 1. The van der Waals surface area contributed by atoms with Crippen LogP contribution in [0.15, 0.2) is 46.8 Å². The Kier molecular flexibility index (Phi) is 6.36. The molecular weight excluding hydrogens is 451 g/mol. The number of amides is 1. The summed E-state index contributed by atoms with van der Waals surface area (Å²) in [4.78, 5) is 21.5. The average molecular weight is 474 g/mol. The molecule has 33 heavy (non-hydrogen) atoms. The van der Waals surface area contributed by atoms with Crippen LogP contribution in [0.4, 0.5) is 24.5 Å². The Morgan fingerprint density at radius 2 is 1.97 bits per heavy atom. The number of aliphatic imine (C=N–C) groups is 1. The predicted molar refractivity (Wildman–Crippen MR) is 123 cm³/mol. The molecule has 1 aliphatic rings. The smallest absolute Gasteiger partial charge is 0.390 e. The zero-order valence-electron chi connectivity index (χ0n) is 18.0. The molecule has 2 N–H and O–H groups in total. The zero-order chi connectivity index (χ0) is 23.8. The number of carbonyl (C=O) groups is 1. The van der Waals surface area contributed by atoms with Crippen molar-refractivity contribution in [3.05, 3.63) is 64.2 Å². The lowest BCUT2D eigenvalue weighted by molar-refractivity contribution is -0.138. The van der Waals surface area contributed by atoms with E-state index in [1.165, 1.54) is 17.4 Å². The SMILES string of the molecule is CCC(C)c1cc2c(cc1C(F)(F)F)NC(=O)CC(c1cccc(-c3nc(CO)cs3)c1)=N2. The van der Waals surface area contributed by atoms with E-state index < -0.39 is 17.6 Å². The van der Waals surface area contributed by atoms with Crippen molar-refractivity contribution in [3.8, 4) is 10.6 Å². The Morgan fingerprint density at radius 3 is 2.64 bits per heavy atom. The number of thiazole rings is 1. The van der Waals surface area contributed by atoms with E-state index in [-0.39, 0.29) is 30.2 Å². The van der Waals surface area contributed by atoms with Crippen LogP contribution >= 0.6 is 11.3 Å². The third kappa shape index (κ3) is 4.84. The van der Waals surface area contributed by atoms with E-state index in [1.54, 1.807) is 18.4 Å². The molecule has 5 nitrogen and oxygen atoms in total. The van der Waals surface area contributed by atoms with Crippen LogP contribution in [-0.4, -0.2) is 21.7 Å². The van der Waals surface area contributed by atoms with Gasteiger partial charge >= 0.3 is 6.18 Å². The van der Waals surface area contributed by atoms with Gasteiger partial charge in [-0.2, -0.15) is 13.2 Å². The maximum Gasteiger partial charge on any atom is 0.416 e. The third-order valence-corrected chi connectivity index (χ3v) is 6.57. The molecule has 0 saturated carbocycles. The molecule has 0 radical (unpaired) electrons. The van der Waals surface area contributed by atoms with Gasteiger partial charge in [0.25, 0.3) is 0 Å². The zero-order valence-corrected chi connectivity index (χ0v) is 18.8. The third-order valence-electron chi connectivity index (χ3n) is 5.63. The normalized spacial score (nSPS) is 14.8. The fraction of sp³-hybridized carbons (Fsp3) is 0.292. The minimum Gasteiger partial charge on any atom is -0.390 e. The number of benzene rings is 2. The number of alkyl halides is 3. The van der Waals surface area contributed by atoms with Gasteiger partial charge in [-0.3, -0.25) is 9.79 Å². The van der Waals surface area contributed by atoms with Gasteiger partial charge < -0.3 is 10.4 Å². The van der Waals surface area contributed by atoms with Crippen LogP contribution in [0.2, 0.25) is 0 Å². The minimum absolute atomic E-state index is 0.0537. The van der Waals surface area contributed by atoms with E-state index >= 15 is 0 Å². The van der Waals surface area contributed by atoms with Gasteiger partial charge in [0.1, 0.15) is 5.01 Å². The second-order valence-electron chi connectivity index (χ2n) is 7.93. The summed E-state index contributed by atoms with van der Waals surface area (Å²) in [5.74, 6) is -0.752. The molecule has 1 atom stereocenters. The summed E-state index contributed by atoms with van der Waals surface area (Å²) >= 11 is 1.39. The van der Waals surface area contributed by atoms with Crippen LogP contribution in [0.25, 0.3) is 10.6 Å². The lowest BCUT2D eigenvalue weighted by atomic mass is 9.92. The van der Waals surface area contributed by atoms with Crippen molar-refractivity contribution in [1.82, 2.24) is 4.98 Å². The molecule has 3 aromatic rings. The number of aliphatic hydroxyl groups excluding tert-OH is 1. The highest BCUT2D eigenvalue weighted by molar-refractivity contribution is 7.13. The van der Waals surface area contributed by atoms with Crippen LogP contribution in [0.3, 0.4) is 0 Å². The van der Waals surface area contributed by atoms with Gasteiger partial charge in [-0.1, -0.05) is 32.0 Å². The molecule has 172 valence electrons. The molecule has 1 amide bonds. The molecule has 0 saturated heterocycles. The molecule has 2 aromatic carbocycles. The van der Waals surface area contributed by atoms with Crippen molar-refractivity contribution < 1.29 is 23.1 Å². The van der Waals surface area contributed by atoms with E-state index in [4.69, 9.17) is 0 Å². The van der Waals surface area contributed by atoms with Crippen molar-refractivity contribution >= 4 is 34.3 Å². The summed E-state index contributed by atoms with van der Waals surface area (Å²) in [7, 11) is 0. The topological polar surface area (TPSA) is 74.6 Å².